The minimum atomic E-state index is -3.61. The van der Waals surface area contributed by atoms with E-state index in [1.165, 1.54) is 18.6 Å². The van der Waals surface area contributed by atoms with Crippen molar-refractivity contribution in [2.45, 2.75) is 43.0 Å². The van der Waals surface area contributed by atoms with Crippen LogP contribution in [-0.4, -0.2) is 26.2 Å². The van der Waals surface area contributed by atoms with Crippen molar-refractivity contribution in [2.75, 3.05) is 6.61 Å². The van der Waals surface area contributed by atoms with Gasteiger partial charge in [0.1, 0.15) is 0 Å². The van der Waals surface area contributed by atoms with E-state index >= 15 is 0 Å². The van der Waals surface area contributed by atoms with Gasteiger partial charge in [0.15, 0.2) is 0 Å². The molecule has 112 valence electrons. The van der Waals surface area contributed by atoms with Crippen LogP contribution in [0.4, 0.5) is 0 Å². The highest BCUT2D eigenvalue weighted by Crippen LogP contribution is 2.27. The van der Waals surface area contributed by atoms with Crippen LogP contribution in [0.1, 0.15) is 32.1 Å². The Labute approximate surface area is 125 Å². The lowest BCUT2D eigenvalue weighted by Crippen LogP contribution is -2.43. The number of hydrogen-bond donors (Lipinski definition) is 2. The number of sulfonamides is 1. The number of aliphatic hydroxyl groups is 1. The average molecular weight is 318 g/mol. The summed E-state index contributed by atoms with van der Waals surface area (Å²) >= 11 is 5.76. The predicted molar refractivity (Wildman–Crippen MR) is 79.2 cm³/mol. The molecule has 0 aliphatic heterocycles. The Hall–Kier alpha value is -0.620. The molecule has 0 bridgehead atoms. The standard InChI is InChI=1S/C14H20ClNO3S/c15-12-6-8-13(9-7-12)20(18,19)16-14(10-17)11-4-2-1-3-5-11/h6-9,11,14,16-17H,1-5,10H2. The molecule has 0 saturated heterocycles. The number of rotatable bonds is 5. The van der Waals surface area contributed by atoms with E-state index in [1.807, 2.05) is 0 Å². The zero-order valence-corrected chi connectivity index (χ0v) is 12.8. The second kappa shape index (κ2) is 6.89. The highest BCUT2D eigenvalue weighted by atomic mass is 35.5. The van der Waals surface area contributed by atoms with E-state index in [9.17, 15) is 13.5 Å². The van der Waals surface area contributed by atoms with Crippen molar-refractivity contribution in [1.29, 1.82) is 0 Å². The highest BCUT2D eigenvalue weighted by Gasteiger charge is 2.27. The van der Waals surface area contributed by atoms with Crippen LogP contribution in [0.15, 0.2) is 29.2 Å². The Balaban J connectivity index is 2.10. The Morgan fingerprint density at radius 1 is 1.20 bits per heavy atom. The monoisotopic (exact) mass is 317 g/mol. The summed E-state index contributed by atoms with van der Waals surface area (Å²) in [7, 11) is -3.61. The van der Waals surface area contributed by atoms with Gasteiger partial charge in [-0.15, -0.1) is 0 Å². The molecule has 0 radical (unpaired) electrons. The second-order valence-electron chi connectivity index (χ2n) is 5.26. The SMILES string of the molecule is O=S(=O)(NC(CO)C1CCCCC1)c1ccc(Cl)cc1. The summed E-state index contributed by atoms with van der Waals surface area (Å²) in [4.78, 5) is 0.177. The molecule has 1 aliphatic carbocycles. The summed E-state index contributed by atoms with van der Waals surface area (Å²) in [6.07, 6.45) is 5.33. The summed E-state index contributed by atoms with van der Waals surface area (Å²) in [5.41, 5.74) is 0. The summed E-state index contributed by atoms with van der Waals surface area (Å²) < 4.78 is 27.2. The number of hydrogen-bond acceptors (Lipinski definition) is 3. The van der Waals surface area contributed by atoms with Crippen molar-refractivity contribution < 1.29 is 13.5 Å². The molecule has 20 heavy (non-hydrogen) atoms. The zero-order chi connectivity index (χ0) is 14.6. The maximum Gasteiger partial charge on any atom is 0.240 e. The van der Waals surface area contributed by atoms with E-state index < -0.39 is 16.1 Å². The minimum absolute atomic E-state index is 0.169. The molecule has 1 saturated carbocycles. The van der Waals surface area contributed by atoms with Crippen LogP contribution in [0, 0.1) is 5.92 Å². The number of aliphatic hydroxyl groups excluding tert-OH is 1. The molecule has 4 nitrogen and oxygen atoms in total. The molecule has 2 N–H and O–H groups in total. The van der Waals surface area contributed by atoms with Crippen LogP contribution in [0.2, 0.25) is 5.02 Å². The van der Waals surface area contributed by atoms with Crippen LogP contribution < -0.4 is 4.72 Å². The Morgan fingerprint density at radius 2 is 1.80 bits per heavy atom. The van der Waals surface area contributed by atoms with Gasteiger partial charge in [-0.05, 0) is 43.0 Å². The number of nitrogens with one attached hydrogen (secondary N) is 1. The van der Waals surface area contributed by atoms with Gasteiger partial charge in [0.2, 0.25) is 10.0 Å². The highest BCUT2D eigenvalue weighted by molar-refractivity contribution is 7.89. The van der Waals surface area contributed by atoms with Crippen LogP contribution in [0.25, 0.3) is 0 Å². The van der Waals surface area contributed by atoms with Gasteiger partial charge in [-0.3, -0.25) is 0 Å². The molecule has 1 aromatic rings. The molecule has 0 heterocycles. The van der Waals surface area contributed by atoms with Crippen LogP contribution in [-0.2, 0) is 10.0 Å². The molecular formula is C14H20ClNO3S. The smallest absolute Gasteiger partial charge is 0.240 e. The van der Waals surface area contributed by atoms with Crippen molar-refractivity contribution in [3.05, 3.63) is 29.3 Å². The van der Waals surface area contributed by atoms with Gasteiger partial charge in [0, 0.05) is 11.1 Å². The first kappa shape index (κ1) is 15.8. The van der Waals surface area contributed by atoms with E-state index in [-0.39, 0.29) is 17.4 Å². The molecule has 6 heteroatoms. The lowest BCUT2D eigenvalue weighted by Gasteiger charge is -2.29. The molecule has 0 amide bonds. The predicted octanol–water partition coefficient (Wildman–Crippen LogP) is 2.56. The fraction of sp³-hybridized carbons (Fsp3) is 0.571. The zero-order valence-electron chi connectivity index (χ0n) is 11.3. The third-order valence-electron chi connectivity index (χ3n) is 3.85. The van der Waals surface area contributed by atoms with Crippen molar-refractivity contribution >= 4 is 21.6 Å². The molecule has 1 atom stereocenters. The summed E-state index contributed by atoms with van der Waals surface area (Å²) in [6, 6.07) is 5.63. The van der Waals surface area contributed by atoms with Crippen LogP contribution >= 0.6 is 11.6 Å². The molecule has 0 spiro atoms. The van der Waals surface area contributed by atoms with E-state index in [1.54, 1.807) is 12.1 Å². The van der Waals surface area contributed by atoms with Crippen molar-refractivity contribution in [3.63, 3.8) is 0 Å². The van der Waals surface area contributed by atoms with Crippen LogP contribution in [0.3, 0.4) is 0 Å². The van der Waals surface area contributed by atoms with Crippen molar-refractivity contribution in [3.8, 4) is 0 Å². The molecule has 1 aromatic carbocycles. The van der Waals surface area contributed by atoms with Crippen molar-refractivity contribution in [2.24, 2.45) is 5.92 Å². The molecular weight excluding hydrogens is 298 g/mol. The molecule has 1 unspecified atom stereocenters. The topological polar surface area (TPSA) is 66.4 Å². The summed E-state index contributed by atoms with van der Waals surface area (Å²) in [5, 5.41) is 9.98. The van der Waals surface area contributed by atoms with E-state index in [0.29, 0.717) is 5.02 Å². The van der Waals surface area contributed by atoms with Gasteiger partial charge in [-0.25, -0.2) is 13.1 Å². The van der Waals surface area contributed by atoms with Crippen molar-refractivity contribution in [1.82, 2.24) is 4.72 Å². The average Bonchev–Trinajstić information content (AvgIpc) is 2.46. The fourth-order valence-corrected chi connectivity index (χ4v) is 4.12. The first-order valence-electron chi connectivity index (χ1n) is 6.91. The van der Waals surface area contributed by atoms with Gasteiger partial charge in [-0.1, -0.05) is 30.9 Å². The minimum Gasteiger partial charge on any atom is -0.395 e. The fourth-order valence-electron chi connectivity index (χ4n) is 2.70. The lowest BCUT2D eigenvalue weighted by atomic mass is 9.84. The summed E-state index contributed by atoms with van der Waals surface area (Å²) in [6.45, 7) is -0.169. The van der Waals surface area contributed by atoms with Gasteiger partial charge in [0.25, 0.3) is 0 Å². The largest absolute Gasteiger partial charge is 0.395 e. The maximum absolute atomic E-state index is 12.3. The number of benzene rings is 1. The first-order valence-corrected chi connectivity index (χ1v) is 8.78. The van der Waals surface area contributed by atoms with Gasteiger partial charge in [0.05, 0.1) is 11.5 Å². The summed E-state index contributed by atoms with van der Waals surface area (Å²) in [5.74, 6) is 0.218. The molecule has 1 fully saturated rings. The third kappa shape index (κ3) is 3.95. The molecule has 0 aromatic heterocycles. The Kier molecular flexibility index (Phi) is 5.43. The first-order chi connectivity index (χ1) is 9.53. The Bertz CT molecular complexity index is 524. The normalized spacial score (nSPS) is 18.9. The second-order valence-corrected chi connectivity index (χ2v) is 7.41. The quantitative estimate of drug-likeness (QED) is 0.877. The van der Waals surface area contributed by atoms with E-state index in [0.717, 1.165) is 25.7 Å². The van der Waals surface area contributed by atoms with Crippen LogP contribution in [0.5, 0.6) is 0 Å². The third-order valence-corrected chi connectivity index (χ3v) is 5.60. The van der Waals surface area contributed by atoms with Gasteiger partial charge < -0.3 is 5.11 Å². The Morgan fingerprint density at radius 3 is 2.35 bits per heavy atom. The van der Waals surface area contributed by atoms with Gasteiger partial charge >= 0.3 is 0 Å². The molecule has 2 rings (SSSR count). The van der Waals surface area contributed by atoms with Gasteiger partial charge in [-0.2, -0.15) is 0 Å². The maximum atomic E-state index is 12.3. The molecule has 1 aliphatic rings. The van der Waals surface area contributed by atoms with E-state index in [4.69, 9.17) is 11.6 Å². The number of halogens is 1. The lowest BCUT2D eigenvalue weighted by molar-refractivity contribution is 0.187. The van der Waals surface area contributed by atoms with E-state index in [2.05, 4.69) is 4.72 Å².